The van der Waals surface area contributed by atoms with Crippen molar-refractivity contribution < 1.29 is 22.7 Å². The lowest BCUT2D eigenvalue weighted by Gasteiger charge is -2.33. The van der Waals surface area contributed by atoms with Gasteiger partial charge in [0.1, 0.15) is 18.3 Å². The predicted molar refractivity (Wildman–Crippen MR) is 159 cm³/mol. The predicted octanol–water partition coefficient (Wildman–Crippen LogP) is 4.93. The number of hydrogen-bond acceptors (Lipinski definition) is 5. The van der Waals surface area contributed by atoms with E-state index < -0.39 is 28.5 Å². The summed E-state index contributed by atoms with van der Waals surface area (Å²) in [6.07, 6.45) is 1.92. The van der Waals surface area contributed by atoms with Crippen LogP contribution in [-0.2, 0) is 32.6 Å². The van der Waals surface area contributed by atoms with Gasteiger partial charge in [0.2, 0.25) is 21.8 Å². The first-order chi connectivity index (χ1) is 19.0. The highest BCUT2D eigenvalue weighted by Crippen LogP contribution is 2.34. The molecule has 0 heterocycles. The van der Waals surface area contributed by atoms with E-state index in [1.165, 1.54) is 24.1 Å². The smallest absolute Gasteiger partial charge is 0.244 e. The number of halogens is 2. The molecule has 0 unspecified atom stereocenters. The first-order valence-electron chi connectivity index (χ1n) is 12.7. The van der Waals surface area contributed by atoms with Crippen LogP contribution < -0.4 is 14.4 Å². The van der Waals surface area contributed by atoms with Gasteiger partial charge in [0.25, 0.3) is 0 Å². The molecule has 0 radical (unpaired) electrons. The molecular weight excluding hydrogens is 573 g/mol. The van der Waals surface area contributed by atoms with Gasteiger partial charge in [0.15, 0.2) is 0 Å². The van der Waals surface area contributed by atoms with Crippen LogP contribution in [0.15, 0.2) is 72.8 Å². The summed E-state index contributed by atoms with van der Waals surface area (Å²) in [5.41, 5.74) is 1.63. The summed E-state index contributed by atoms with van der Waals surface area (Å²) in [6, 6.07) is 20.1. The Labute approximate surface area is 245 Å². The molecule has 1 N–H and O–H groups in total. The third kappa shape index (κ3) is 8.36. The molecule has 0 spiro atoms. The van der Waals surface area contributed by atoms with Crippen LogP contribution in [0.2, 0.25) is 10.0 Å². The molecule has 11 heteroatoms. The minimum atomic E-state index is -3.97. The van der Waals surface area contributed by atoms with Crippen LogP contribution in [0.4, 0.5) is 5.69 Å². The molecule has 0 aliphatic carbocycles. The summed E-state index contributed by atoms with van der Waals surface area (Å²) in [5.74, 6) is -0.339. The zero-order chi connectivity index (χ0) is 29.3. The SMILES string of the molecule is CCCNC(=O)[C@@H](Cc1ccccc1)N(Cc1cccc(OC)c1)C(=O)CN(c1cccc(Cl)c1Cl)S(C)(=O)=O. The van der Waals surface area contributed by atoms with Crippen molar-refractivity contribution in [1.29, 1.82) is 0 Å². The second-order valence-corrected chi connectivity index (χ2v) is 11.9. The van der Waals surface area contributed by atoms with Crippen molar-refractivity contribution in [3.05, 3.63) is 94.0 Å². The number of amides is 2. The van der Waals surface area contributed by atoms with Crippen LogP contribution in [0.25, 0.3) is 0 Å². The van der Waals surface area contributed by atoms with Crippen LogP contribution in [0.3, 0.4) is 0 Å². The van der Waals surface area contributed by atoms with Crippen LogP contribution in [0.1, 0.15) is 24.5 Å². The first-order valence-corrected chi connectivity index (χ1v) is 15.3. The topological polar surface area (TPSA) is 96.0 Å². The molecule has 3 rings (SSSR count). The molecule has 0 saturated heterocycles. The summed E-state index contributed by atoms with van der Waals surface area (Å²) < 4.78 is 32.0. The highest BCUT2D eigenvalue weighted by Gasteiger charge is 2.33. The fourth-order valence-electron chi connectivity index (χ4n) is 4.17. The lowest BCUT2D eigenvalue weighted by Crippen LogP contribution is -2.53. The number of methoxy groups -OCH3 is 1. The van der Waals surface area contributed by atoms with E-state index >= 15 is 0 Å². The molecule has 0 bridgehead atoms. The molecule has 214 valence electrons. The maximum Gasteiger partial charge on any atom is 0.244 e. The maximum absolute atomic E-state index is 14.1. The molecule has 0 aliphatic rings. The Morgan fingerprint density at radius 3 is 2.30 bits per heavy atom. The van der Waals surface area contributed by atoms with Gasteiger partial charge < -0.3 is 15.0 Å². The van der Waals surface area contributed by atoms with E-state index in [-0.39, 0.29) is 34.6 Å². The zero-order valence-electron chi connectivity index (χ0n) is 22.6. The third-order valence-electron chi connectivity index (χ3n) is 6.19. The highest BCUT2D eigenvalue weighted by molar-refractivity contribution is 7.92. The summed E-state index contributed by atoms with van der Waals surface area (Å²) in [6.45, 7) is 1.81. The molecule has 1 atom stereocenters. The second-order valence-electron chi connectivity index (χ2n) is 9.21. The number of sulfonamides is 1. The fraction of sp³-hybridized carbons (Fsp3) is 0.310. The van der Waals surface area contributed by atoms with Crippen LogP contribution in [-0.4, -0.2) is 57.6 Å². The molecule has 8 nitrogen and oxygen atoms in total. The molecule has 0 saturated carbocycles. The van der Waals surface area contributed by atoms with E-state index in [0.29, 0.717) is 24.3 Å². The van der Waals surface area contributed by atoms with E-state index in [2.05, 4.69) is 5.32 Å². The molecule has 0 aromatic heterocycles. The lowest BCUT2D eigenvalue weighted by molar-refractivity contribution is -0.140. The number of anilines is 1. The van der Waals surface area contributed by atoms with Gasteiger partial charge in [0, 0.05) is 19.5 Å². The van der Waals surface area contributed by atoms with Crippen LogP contribution in [0, 0.1) is 0 Å². The molecule has 3 aromatic rings. The summed E-state index contributed by atoms with van der Waals surface area (Å²) in [4.78, 5) is 29.0. The number of benzene rings is 3. The van der Waals surface area contributed by atoms with Crippen LogP contribution in [0.5, 0.6) is 5.75 Å². The summed E-state index contributed by atoms with van der Waals surface area (Å²) in [7, 11) is -2.43. The van der Waals surface area contributed by atoms with Crippen molar-refractivity contribution >= 4 is 50.7 Å². The first kappa shape index (κ1) is 31.3. The molecule has 3 aromatic carbocycles. The molecule has 40 heavy (non-hydrogen) atoms. The van der Waals surface area contributed by atoms with Gasteiger partial charge in [-0.25, -0.2) is 8.42 Å². The molecule has 0 fully saturated rings. The Kier molecular flexibility index (Phi) is 11.2. The van der Waals surface area contributed by atoms with Crippen molar-refractivity contribution in [2.24, 2.45) is 0 Å². The number of ether oxygens (including phenoxy) is 1. The van der Waals surface area contributed by atoms with Crippen molar-refractivity contribution in [3.8, 4) is 5.75 Å². The normalized spacial score (nSPS) is 11.9. The Hall–Kier alpha value is -3.27. The van der Waals surface area contributed by atoms with Crippen molar-refractivity contribution in [2.45, 2.75) is 32.4 Å². The molecular formula is C29H33Cl2N3O5S. The third-order valence-corrected chi connectivity index (χ3v) is 8.12. The van der Waals surface area contributed by atoms with Gasteiger partial charge in [-0.3, -0.25) is 13.9 Å². The van der Waals surface area contributed by atoms with E-state index in [4.69, 9.17) is 27.9 Å². The molecule has 2 amide bonds. The number of rotatable bonds is 13. The lowest BCUT2D eigenvalue weighted by atomic mass is 10.0. The average Bonchev–Trinajstić information content (AvgIpc) is 2.94. The standard InChI is InChI=1S/C29H33Cl2N3O5S/c1-4-16-32-29(36)26(18-21-10-6-5-7-11-21)33(19-22-12-8-13-23(17-22)39-2)27(35)20-34(40(3,37)38)25-15-9-14-24(30)28(25)31/h5-15,17,26H,4,16,18-20H2,1-3H3,(H,32,36)/t26-/m1/s1. The Morgan fingerprint density at radius 2 is 1.65 bits per heavy atom. The average molecular weight is 607 g/mol. The highest BCUT2D eigenvalue weighted by atomic mass is 35.5. The van der Waals surface area contributed by atoms with Crippen molar-refractivity contribution in [1.82, 2.24) is 10.2 Å². The van der Waals surface area contributed by atoms with E-state index in [1.54, 1.807) is 24.3 Å². The minimum Gasteiger partial charge on any atom is -0.497 e. The van der Waals surface area contributed by atoms with E-state index in [1.807, 2.05) is 43.3 Å². The quantitative estimate of drug-likeness (QED) is 0.298. The number of carbonyl (C=O) groups is 2. The summed E-state index contributed by atoms with van der Waals surface area (Å²) in [5, 5.41) is 3.05. The fourth-order valence-corrected chi connectivity index (χ4v) is 5.47. The Morgan fingerprint density at radius 1 is 0.975 bits per heavy atom. The van der Waals surface area contributed by atoms with Crippen molar-refractivity contribution in [3.63, 3.8) is 0 Å². The Bertz CT molecular complexity index is 1420. The summed E-state index contributed by atoms with van der Waals surface area (Å²) >= 11 is 12.5. The van der Waals surface area contributed by atoms with Crippen LogP contribution >= 0.6 is 23.2 Å². The van der Waals surface area contributed by atoms with E-state index in [9.17, 15) is 18.0 Å². The van der Waals surface area contributed by atoms with Gasteiger partial charge in [-0.2, -0.15) is 0 Å². The monoisotopic (exact) mass is 605 g/mol. The number of nitrogens with zero attached hydrogens (tertiary/aromatic N) is 2. The Balaban J connectivity index is 2.08. The minimum absolute atomic E-state index is 0.00302. The number of hydrogen-bond donors (Lipinski definition) is 1. The zero-order valence-corrected chi connectivity index (χ0v) is 25.0. The van der Waals surface area contributed by atoms with E-state index in [0.717, 1.165) is 16.1 Å². The van der Waals surface area contributed by atoms with Gasteiger partial charge in [-0.05, 0) is 41.8 Å². The molecule has 0 aliphatic heterocycles. The maximum atomic E-state index is 14.1. The second kappa shape index (κ2) is 14.4. The van der Waals surface area contributed by atoms with Crippen molar-refractivity contribution in [2.75, 3.05) is 30.8 Å². The largest absolute Gasteiger partial charge is 0.497 e. The number of carbonyl (C=O) groups excluding carboxylic acids is 2. The van der Waals surface area contributed by atoms with Gasteiger partial charge >= 0.3 is 0 Å². The van der Waals surface area contributed by atoms with Gasteiger partial charge in [0.05, 0.1) is 29.1 Å². The number of nitrogens with one attached hydrogen (secondary N) is 1. The van der Waals surface area contributed by atoms with Gasteiger partial charge in [-0.15, -0.1) is 0 Å². The van der Waals surface area contributed by atoms with Gasteiger partial charge in [-0.1, -0.05) is 78.7 Å².